The molecule has 0 radical (unpaired) electrons. The van der Waals surface area contributed by atoms with Crippen LogP contribution in [0.2, 0.25) is 0 Å². The molecule has 0 aromatic carbocycles. The van der Waals surface area contributed by atoms with E-state index in [1.807, 2.05) is 0 Å². The van der Waals surface area contributed by atoms with Gasteiger partial charge in [0.25, 0.3) is 0 Å². The molecule has 2 aliphatic rings. The van der Waals surface area contributed by atoms with Crippen LogP contribution in [0.25, 0.3) is 0 Å². The summed E-state index contributed by atoms with van der Waals surface area (Å²) in [4.78, 5) is 0. The normalized spacial score (nSPS) is 26.0. The smallest absolute Gasteiger partial charge is 0.217 e. The zero-order valence-corrected chi connectivity index (χ0v) is 14.3. The summed E-state index contributed by atoms with van der Waals surface area (Å²) in [5, 5.41) is 2.92. The average molecular weight is 338 g/mol. The molecule has 2 aliphatic heterocycles. The minimum atomic E-state index is -3.34. The Bertz CT molecular complexity index is 523. The van der Waals surface area contributed by atoms with E-state index in [9.17, 15) is 16.8 Å². The predicted molar refractivity (Wildman–Crippen MR) is 83.5 cm³/mol. The molecule has 0 bridgehead atoms. The van der Waals surface area contributed by atoms with Gasteiger partial charge in [-0.1, -0.05) is 6.92 Å². The summed E-state index contributed by atoms with van der Waals surface area (Å²) in [5.41, 5.74) is 0. The van der Waals surface area contributed by atoms with Crippen molar-refractivity contribution in [1.82, 2.24) is 9.62 Å². The maximum atomic E-state index is 12.6. The van der Waals surface area contributed by atoms with E-state index in [4.69, 9.17) is 0 Å². The number of nitrogens with one attached hydrogen (secondary N) is 1. The van der Waals surface area contributed by atoms with Crippen LogP contribution in [0.3, 0.4) is 0 Å². The first kappa shape index (κ1) is 17.2. The Hall–Kier alpha value is -0.180. The van der Waals surface area contributed by atoms with Crippen molar-refractivity contribution in [3.63, 3.8) is 0 Å². The van der Waals surface area contributed by atoms with Gasteiger partial charge in [-0.05, 0) is 38.6 Å². The summed E-state index contributed by atoms with van der Waals surface area (Å²) in [6.07, 6.45) is 3.25. The van der Waals surface area contributed by atoms with Gasteiger partial charge in [0, 0.05) is 19.1 Å². The fraction of sp³-hybridized carbons (Fsp3) is 1.00. The van der Waals surface area contributed by atoms with Gasteiger partial charge in [-0.25, -0.2) is 21.1 Å². The Labute approximate surface area is 128 Å². The second kappa shape index (κ2) is 6.93. The molecular formula is C13H26N2O4S2. The van der Waals surface area contributed by atoms with Crippen LogP contribution in [0.15, 0.2) is 0 Å². The Morgan fingerprint density at radius 2 is 1.67 bits per heavy atom. The molecule has 2 heterocycles. The third-order valence-corrected chi connectivity index (χ3v) is 8.53. The van der Waals surface area contributed by atoms with Gasteiger partial charge in [-0.2, -0.15) is 0 Å². The first-order chi connectivity index (χ1) is 9.85. The topological polar surface area (TPSA) is 83.6 Å². The highest BCUT2D eigenvalue weighted by Gasteiger charge is 2.37. The first-order valence-corrected chi connectivity index (χ1v) is 11.1. The molecule has 124 valence electrons. The lowest BCUT2D eigenvalue weighted by Crippen LogP contribution is -2.49. The lowest BCUT2D eigenvalue weighted by molar-refractivity contribution is 0.286. The molecule has 0 saturated carbocycles. The Kier molecular flexibility index (Phi) is 5.67. The van der Waals surface area contributed by atoms with Crippen molar-refractivity contribution in [2.24, 2.45) is 0 Å². The highest BCUT2D eigenvalue weighted by Crippen LogP contribution is 2.25. The molecule has 6 nitrogen and oxygen atoms in total. The lowest BCUT2D eigenvalue weighted by Gasteiger charge is -2.35. The third-order valence-electron chi connectivity index (χ3n) is 4.42. The van der Waals surface area contributed by atoms with Crippen molar-refractivity contribution in [2.75, 3.05) is 31.1 Å². The average Bonchev–Trinajstić information content (AvgIpc) is 2.45. The van der Waals surface area contributed by atoms with Crippen molar-refractivity contribution >= 4 is 19.9 Å². The molecule has 2 saturated heterocycles. The summed E-state index contributed by atoms with van der Waals surface area (Å²) >= 11 is 0. The largest absolute Gasteiger partial charge is 0.314 e. The number of piperidine rings is 1. The molecule has 2 rings (SSSR count). The van der Waals surface area contributed by atoms with E-state index in [0.29, 0.717) is 19.1 Å². The van der Waals surface area contributed by atoms with Gasteiger partial charge < -0.3 is 5.32 Å². The summed E-state index contributed by atoms with van der Waals surface area (Å²) in [6, 6.07) is 0.406. The molecule has 0 aliphatic carbocycles. The quantitative estimate of drug-likeness (QED) is 0.782. The van der Waals surface area contributed by atoms with E-state index in [1.165, 1.54) is 0 Å². The molecule has 2 fully saturated rings. The molecule has 0 spiro atoms. The van der Waals surface area contributed by atoms with Gasteiger partial charge in [0.15, 0.2) is 0 Å². The highest BCUT2D eigenvalue weighted by molar-refractivity contribution is 7.92. The zero-order valence-electron chi connectivity index (χ0n) is 12.6. The van der Waals surface area contributed by atoms with E-state index in [1.54, 1.807) is 4.31 Å². The van der Waals surface area contributed by atoms with Crippen LogP contribution in [-0.2, 0) is 19.9 Å². The van der Waals surface area contributed by atoms with E-state index < -0.39 is 25.1 Å². The van der Waals surface area contributed by atoms with Crippen molar-refractivity contribution < 1.29 is 16.8 Å². The Morgan fingerprint density at radius 1 is 1.10 bits per heavy atom. The monoisotopic (exact) mass is 338 g/mol. The maximum absolute atomic E-state index is 12.6. The summed E-state index contributed by atoms with van der Waals surface area (Å²) in [5.74, 6) is 0.0107. The molecule has 8 heteroatoms. The van der Waals surface area contributed by atoms with Crippen LogP contribution in [-0.4, -0.2) is 63.6 Å². The summed E-state index contributed by atoms with van der Waals surface area (Å²) in [7, 11) is -6.36. The van der Waals surface area contributed by atoms with E-state index in [0.717, 1.165) is 25.8 Å². The fourth-order valence-electron chi connectivity index (χ4n) is 3.04. The second-order valence-corrected chi connectivity index (χ2v) is 10.5. The van der Waals surface area contributed by atoms with Crippen molar-refractivity contribution in [1.29, 1.82) is 0 Å². The number of sulfonamides is 1. The van der Waals surface area contributed by atoms with Crippen molar-refractivity contribution in [3.8, 4) is 0 Å². The standard InChI is InChI=1S/C13H26N2O4S2/c1-2-7-14-12-3-8-15(9-4-12)21(18,19)13-5-10-20(16,17)11-6-13/h12-14H,2-11H2,1H3. The van der Waals surface area contributed by atoms with Crippen LogP contribution < -0.4 is 5.32 Å². The summed E-state index contributed by atoms with van der Waals surface area (Å²) in [6.45, 7) is 4.18. The third kappa shape index (κ3) is 4.40. The van der Waals surface area contributed by atoms with Gasteiger partial charge in [-0.3, -0.25) is 0 Å². The van der Waals surface area contributed by atoms with E-state index in [2.05, 4.69) is 12.2 Å². The number of hydrogen-bond donors (Lipinski definition) is 1. The molecule has 21 heavy (non-hydrogen) atoms. The molecule has 0 amide bonds. The van der Waals surface area contributed by atoms with Crippen LogP contribution in [0.5, 0.6) is 0 Å². The van der Waals surface area contributed by atoms with Crippen LogP contribution >= 0.6 is 0 Å². The minimum absolute atomic E-state index is 0.00537. The van der Waals surface area contributed by atoms with Gasteiger partial charge >= 0.3 is 0 Å². The first-order valence-electron chi connectivity index (χ1n) is 7.78. The van der Waals surface area contributed by atoms with Crippen molar-refractivity contribution in [2.45, 2.75) is 50.3 Å². The van der Waals surface area contributed by atoms with E-state index in [-0.39, 0.29) is 24.3 Å². The molecule has 0 atom stereocenters. The van der Waals surface area contributed by atoms with E-state index >= 15 is 0 Å². The SMILES string of the molecule is CCCNC1CCN(S(=O)(=O)C2CCS(=O)(=O)CC2)CC1. The highest BCUT2D eigenvalue weighted by atomic mass is 32.2. The van der Waals surface area contributed by atoms with Crippen LogP contribution in [0.4, 0.5) is 0 Å². The molecule has 1 N–H and O–H groups in total. The van der Waals surface area contributed by atoms with Gasteiger partial charge in [-0.15, -0.1) is 0 Å². The number of sulfone groups is 1. The molecule has 0 aromatic rings. The van der Waals surface area contributed by atoms with Crippen LogP contribution in [0, 0.1) is 0 Å². The minimum Gasteiger partial charge on any atom is -0.314 e. The number of hydrogen-bond acceptors (Lipinski definition) is 5. The Balaban J connectivity index is 1.90. The summed E-state index contributed by atoms with van der Waals surface area (Å²) < 4.78 is 49.6. The number of rotatable bonds is 5. The molecular weight excluding hydrogens is 312 g/mol. The number of nitrogens with zero attached hydrogens (tertiary/aromatic N) is 1. The maximum Gasteiger partial charge on any atom is 0.217 e. The van der Waals surface area contributed by atoms with Crippen molar-refractivity contribution in [3.05, 3.63) is 0 Å². The molecule has 0 aromatic heterocycles. The lowest BCUT2D eigenvalue weighted by atomic mass is 10.1. The van der Waals surface area contributed by atoms with Gasteiger partial charge in [0.1, 0.15) is 9.84 Å². The predicted octanol–water partition coefficient (Wildman–Crippen LogP) is 0.357. The van der Waals surface area contributed by atoms with Gasteiger partial charge in [0.2, 0.25) is 10.0 Å². The zero-order chi connectivity index (χ0) is 15.5. The fourth-order valence-corrected chi connectivity index (χ4v) is 6.80. The molecule has 0 unspecified atom stereocenters. The van der Waals surface area contributed by atoms with Gasteiger partial charge in [0.05, 0.1) is 16.8 Å². The second-order valence-electron chi connectivity index (χ2n) is 6.02. The van der Waals surface area contributed by atoms with Crippen LogP contribution in [0.1, 0.15) is 39.0 Å². The Morgan fingerprint density at radius 3 is 2.19 bits per heavy atom.